The van der Waals surface area contributed by atoms with E-state index >= 15 is 0 Å². The van der Waals surface area contributed by atoms with Gasteiger partial charge in [0.2, 0.25) is 0 Å². The zero-order valence-corrected chi connectivity index (χ0v) is 8.82. The summed E-state index contributed by atoms with van der Waals surface area (Å²) < 4.78 is 52.0. The van der Waals surface area contributed by atoms with Gasteiger partial charge >= 0.3 is 0 Å². The average Bonchev–Trinajstić information content (AvgIpc) is 2.00. The highest BCUT2D eigenvalue weighted by Gasteiger charge is 2.41. The van der Waals surface area contributed by atoms with E-state index in [1.54, 1.807) is 0 Å². The monoisotopic (exact) mass is 228 g/mol. The van der Waals surface area contributed by atoms with Crippen molar-refractivity contribution in [3.63, 3.8) is 0 Å². The minimum Gasteiger partial charge on any atom is -0.270 e. The van der Waals surface area contributed by atoms with Crippen LogP contribution in [-0.4, -0.2) is 27.2 Å². The molecular formula is C8H14F2O3S. The average molecular weight is 228 g/mol. The number of hydrogen-bond donors (Lipinski definition) is 0. The van der Waals surface area contributed by atoms with E-state index < -0.39 is 28.6 Å². The minimum atomic E-state index is -3.61. The second kappa shape index (κ2) is 4.10. The molecule has 0 aromatic heterocycles. The molecule has 0 bridgehead atoms. The predicted octanol–water partition coefficient (Wildman–Crippen LogP) is 1.79. The van der Waals surface area contributed by atoms with Gasteiger partial charge in [-0.3, -0.25) is 4.18 Å². The van der Waals surface area contributed by atoms with E-state index in [1.165, 1.54) is 0 Å². The lowest BCUT2D eigenvalue weighted by Gasteiger charge is -2.30. The van der Waals surface area contributed by atoms with E-state index in [0.29, 0.717) is 19.3 Å². The van der Waals surface area contributed by atoms with Crippen LogP contribution in [0.2, 0.25) is 0 Å². The Morgan fingerprint density at radius 1 is 1.43 bits per heavy atom. The lowest BCUT2D eigenvalue weighted by molar-refractivity contribution is -0.0971. The smallest absolute Gasteiger partial charge is 0.264 e. The van der Waals surface area contributed by atoms with Gasteiger partial charge in [0.05, 0.1) is 12.9 Å². The standard InChI is InChI=1S/C8H14F2O3S/c1-14(11,12)13-6-7-4-2-3-5-8(7,9)10/h7H,2-6H2,1H3/t7-/m1/s1. The SMILES string of the molecule is CS(=O)(=O)OC[C@H]1CCCCC1(F)F. The van der Waals surface area contributed by atoms with Crippen LogP contribution in [0.3, 0.4) is 0 Å². The summed E-state index contributed by atoms with van der Waals surface area (Å²) in [6.45, 7) is -0.397. The molecule has 1 fully saturated rings. The van der Waals surface area contributed by atoms with Crippen molar-refractivity contribution in [2.75, 3.05) is 12.9 Å². The van der Waals surface area contributed by atoms with Crippen molar-refractivity contribution >= 4 is 10.1 Å². The summed E-state index contributed by atoms with van der Waals surface area (Å²) in [5.74, 6) is -3.73. The highest BCUT2D eigenvalue weighted by atomic mass is 32.2. The number of alkyl halides is 2. The molecule has 1 aliphatic carbocycles. The molecule has 0 amide bonds. The van der Waals surface area contributed by atoms with Gasteiger partial charge in [0.15, 0.2) is 0 Å². The maximum absolute atomic E-state index is 13.2. The normalized spacial score (nSPS) is 27.5. The molecule has 1 rings (SSSR count). The highest BCUT2D eigenvalue weighted by Crippen LogP contribution is 2.38. The first-order valence-electron chi connectivity index (χ1n) is 4.53. The lowest BCUT2D eigenvalue weighted by Crippen LogP contribution is -2.35. The molecule has 0 N–H and O–H groups in total. The molecule has 6 heteroatoms. The van der Waals surface area contributed by atoms with Crippen molar-refractivity contribution in [1.82, 2.24) is 0 Å². The molecule has 0 saturated heterocycles. The van der Waals surface area contributed by atoms with Crippen LogP contribution in [0, 0.1) is 5.92 Å². The Morgan fingerprint density at radius 3 is 2.57 bits per heavy atom. The van der Waals surface area contributed by atoms with Crippen LogP contribution in [-0.2, 0) is 14.3 Å². The van der Waals surface area contributed by atoms with Crippen LogP contribution < -0.4 is 0 Å². The van der Waals surface area contributed by atoms with Gasteiger partial charge in [0, 0.05) is 12.3 Å². The quantitative estimate of drug-likeness (QED) is 0.692. The van der Waals surface area contributed by atoms with E-state index in [4.69, 9.17) is 0 Å². The largest absolute Gasteiger partial charge is 0.270 e. The van der Waals surface area contributed by atoms with Crippen molar-refractivity contribution < 1.29 is 21.4 Å². The highest BCUT2D eigenvalue weighted by molar-refractivity contribution is 7.85. The maximum Gasteiger partial charge on any atom is 0.264 e. The molecule has 14 heavy (non-hydrogen) atoms. The van der Waals surface area contributed by atoms with Crippen LogP contribution >= 0.6 is 0 Å². The Hall–Kier alpha value is -0.230. The van der Waals surface area contributed by atoms with Crippen LogP contribution in [0.4, 0.5) is 8.78 Å². The molecule has 0 aromatic rings. The second-order valence-electron chi connectivity index (χ2n) is 3.69. The van der Waals surface area contributed by atoms with Crippen LogP contribution in [0.5, 0.6) is 0 Å². The summed E-state index contributed by atoms with van der Waals surface area (Å²) >= 11 is 0. The molecule has 1 saturated carbocycles. The fourth-order valence-electron chi connectivity index (χ4n) is 1.58. The Labute approximate surface area is 82.6 Å². The zero-order chi connectivity index (χ0) is 10.8. The van der Waals surface area contributed by atoms with Crippen molar-refractivity contribution in [1.29, 1.82) is 0 Å². The third-order valence-electron chi connectivity index (χ3n) is 2.39. The second-order valence-corrected chi connectivity index (χ2v) is 5.34. The first-order chi connectivity index (χ1) is 6.31. The molecule has 0 heterocycles. The lowest BCUT2D eigenvalue weighted by atomic mass is 9.86. The van der Waals surface area contributed by atoms with Crippen molar-refractivity contribution in [3.8, 4) is 0 Å². The molecule has 0 spiro atoms. The Balaban J connectivity index is 2.50. The zero-order valence-electron chi connectivity index (χ0n) is 8.00. The summed E-state index contributed by atoms with van der Waals surface area (Å²) in [7, 11) is -3.61. The van der Waals surface area contributed by atoms with E-state index in [-0.39, 0.29) is 6.42 Å². The van der Waals surface area contributed by atoms with Gasteiger partial charge < -0.3 is 0 Å². The molecule has 1 atom stereocenters. The van der Waals surface area contributed by atoms with Gasteiger partial charge in [0.25, 0.3) is 16.0 Å². The van der Waals surface area contributed by atoms with Gasteiger partial charge in [-0.05, 0) is 12.8 Å². The third kappa shape index (κ3) is 3.49. The maximum atomic E-state index is 13.2. The van der Waals surface area contributed by atoms with Gasteiger partial charge in [0.1, 0.15) is 0 Å². The molecule has 3 nitrogen and oxygen atoms in total. The molecule has 0 aliphatic heterocycles. The molecule has 0 radical (unpaired) electrons. The van der Waals surface area contributed by atoms with E-state index in [0.717, 1.165) is 6.26 Å². The molecule has 84 valence electrons. The van der Waals surface area contributed by atoms with Crippen LogP contribution in [0.15, 0.2) is 0 Å². The first-order valence-corrected chi connectivity index (χ1v) is 6.35. The van der Waals surface area contributed by atoms with Gasteiger partial charge in [-0.1, -0.05) is 6.42 Å². The predicted molar refractivity (Wildman–Crippen MR) is 47.7 cm³/mol. The Kier molecular flexibility index (Phi) is 3.47. The number of hydrogen-bond acceptors (Lipinski definition) is 3. The van der Waals surface area contributed by atoms with Crippen molar-refractivity contribution in [2.45, 2.75) is 31.6 Å². The van der Waals surface area contributed by atoms with E-state index in [1.807, 2.05) is 0 Å². The summed E-state index contributed by atoms with van der Waals surface area (Å²) in [5.41, 5.74) is 0. The van der Waals surface area contributed by atoms with Crippen LogP contribution in [0.25, 0.3) is 0 Å². The fourth-order valence-corrected chi connectivity index (χ4v) is 1.99. The summed E-state index contributed by atoms with van der Waals surface area (Å²) in [6, 6.07) is 0. The van der Waals surface area contributed by atoms with Gasteiger partial charge in [-0.2, -0.15) is 8.42 Å². The number of rotatable bonds is 3. The molecule has 1 aliphatic rings. The summed E-state index contributed by atoms with van der Waals surface area (Å²) in [4.78, 5) is 0. The topological polar surface area (TPSA) is 43.4 Å². The molecule has 0 unspecified atom stereocenters. The summed E-state index contributed by atoms with van der Waals surface area (Å²) in [6.07, 6.45) is 2.26. The van der Waals surface area contributed by atoms with E-state index in [2.05, 4.69) is 4.18 Å². The van der Waals surface area contributed by atoms with Gasteiger partial charge in [-0.15, -0.1) is 0 Å². The fraction of sp³-hybridized carbons (Fsp3) is 1.00. The van der Waals surface area contributed by atoms with E-state index in [9.17, 15) is 17.2 Å². The first kappa shape index (κ1) is 11.8. The number of halogens is 2. The minimum absolute atomic E-state index is 0.162. The van der Waals surface area contributed by atoms with Crippen LogP contribution in [0.1, 0.15) is 25.7 Å². The Morgan fingerprint density at radius 2 is 2.07 bits per heavy atom. The summed E-state index contributed by atoms with van der Waals surface area (Å²) in [5, 5.41) is 0. The van der Waals surface area contributed by atoms with Gasteiger partial charge in [-0.25, -0.2) is 8.78 Å². The third-order valence-corrected chi connectivity index (χ3v) is 2.96. The van der Waals surface area contributed by atoms with Crippen molar-refractivity contribution in [3.05, 3.63) is 0 Å². The molecular weight excluding hydrogens is 214 g/mol. The Bertz CT molecular complexity index is 287. The van der Waals surface area contributed by atoms with Crippen molar-refractivity contribution in [2.24, 2.45) is 5.92 Å². The molecule has 0 aromatic carbocycles.